The van der Waals surface area contributed by atoms with Crippen molar-refractivity contribution in [1.29, 1.82) is 0 Å². The number of likely N-dealkylation sites (tertiary alicyclic amines) is 1. The molecule has 1 aromatic heterocycles. The molecule has 0 radical (unpaired) electrons. The molecule has 2 aromatic rings. The van der Waals surface area contributed by atoms with E-state index in [0.29, 0.717) is 17.8 Å². The summed E-state index contributed by atoms with van der Waals surface area (Å²) < 4.78 is 13.4. The Morgan fingerprint density at radius 1 is 1.08 bits per heavy atom. The van der Waals surface area contributed by atoms with Crippen molar-refractivity contribution in [3.05, 3.63) is 59.2 Å². The number of benzene rings is 1. The minimum Gasteiger partial charge on any atom is -0.343 e. The highest BCUT2D eigenvalue weighted by Crippen LogP contribution is 2.38. The fourth-order valence-electron chi connectivity index (χ4n) is 6.10. The lowest BCUT2D eigenvalue weighted by molar-refractivity contribution is -0.136. The molecule has 1 saturated heterocycles. The fraction of sp³-hybridized carbons (Fsp3) is 0.548. The number of aromatic nitrogens is 1. The van der Waals surface area contributed by atoms with Crippen LogP contribution in [0.1, 0.15) is 80.4 Å². The normalized spacial score (nSPS) is 22.8. The number of amides is 2. The number of amidine groups is 1. The van der Waals surface area contributed by atoms with Crippen LogP contribution >= 0.6 is 0 Å². The first-order chi connectivity index (χ1) is 18.8. The molecule has 0 spiro atoms. The lowest BCUT2D eigenvalue weighted by Crippen LogP contribution is -2.44. The molecule has 3 aliphatic rings. The Labute approximate surface area is 231 Å². The number of fused-ring (bicyclic) bond motifs is 1. The number of hydrogen-bond donors (Lipinski definition) is 0. The number of anilines is 1. The van der Waals surface area contributed by atoms with Crippen molar-refractivity contribution >= 4 is 23.3 Å². The Balaban J connectivity index is 1.40. The summed E-state index contributed by atoms with van der Waals surface area (Å²) in [4.78, 5) is 42.0. The van der Waals surface area contributed by atoms with E-state index in [1.165, 1.54) is 43.5 Å². The maximum atomic E-state index is 13.4. The average molecular weight is 534 g/mol. The predicted molar refractivity (Wildman–Crippen MR) is 151 cm³/mol. The number of rotatable bonds is 6. The highest BCUT2D eigenvalue weighted by molar-refractivity contribution is 6.12. The van der Waals surface area contributed by atoms with Gasteiger partial charge in [0.25, 0.3) is 5.91 Å². The van der Waals surface area contributed by atoms with E-state index >= 15 is 0 Å². The van der Waals surface area contributed by atoms with Crippen molar-refractivity contribution in [3.8, 4) is 0 Å². The van der Waals surface area contributed by atoms with Crippen LogP contribution in [0.25, 0.3) is 0 Å². The molecule has 5 rings (SSSR count). The second-order valence-electron chi connectivity index (χ2n) is 11.6. The second-order valence-corrected chi connectivity index (χ2v) is 11.6. The number of pyridine rings is 1. The Hall–Kier alpha value is -3.13. The molecular formula is C31H40FN5O2. The first-order valence-electron chi connectivity index (χ1n) is 14.4. The van der Waals surface area contributed by atoms with Crippen LogP contribution in [0, 0.1) is 11.7 Å². The molecule has 0 bridgehead atoms. The monoisotopic (exact) mass is 533 g/mol. The lowest BCUT2D eigenvalue weighted by Gasteiger charge is -2.37. The number of halogens is 1. The maximum Gasteiger partial charge on any atom is 0.278 e. The SMILES string of the molecule is CC(C)N(C)C(=O)C1CCC(N2C(=NC(=O)c3ccc(F)cc3)Cc3cnc(CN4CCCCC4)cc32)CC1. The molecular weight excluding hydrogens is 493 g/mol. The minimum atomic E-state index is -0.379. The Morgan fingerprint density at radius 3 is 2.44 bits per heavy atom. The van der Waals surface area contributed by atoms with Gasteiger partial charge in [-0.2, -0.15) is 4.99 Å². The zero-order chi connectivity index (χ0) is 27.5. The van der Waals surface area contributed by atoms with Crippen molar-refractivity contribution in [2.75, 3.05) is 25.0 Å². The first-order valence-corrected chi connectivity index (χ1v) is 14.4. The zero-order valence-electron chi connectivity index (χ0n) is 23.4. The van der Waals surface area contributed by atoms with Crippen LogP contribution < -0.4 is 4.90 Å². The summed E-state index contributed by atoms with van der Waals surface area (Å²) in [5.41, 5.74) is 3.56. The molecule has 0 atom stereocenters. The molecule has 8 heteroatoms. The molecule has 7 nitrogen and oxygen atoms in total. The smallest absolute Gasteiger partial charge is 0.278 e. The third kappa shape index (κ3) is 6.21. The number of piperidine rings is 1. The van der Waals surface area contributed by atoms with Gasteiger partial charge in [0.1, 0.15) is 11.7 Å². The van der Waals surface area contributed by atoms with Gasteiger partial charge in [-0.1, -0.05) is 6.42 Å². The number of carbonyl (C=O) groups excluding carboxylic acids is 2. The van der Waals surface area contributed by atoms with Crippen molar-refractivity contribution in [2.45, 2.75) is 83.8 Å². The number of nitrogens with zero attached hydrogens (tertiary/aromatic N) is 5. The molecule has 39 heavy (non-hydrogen) atoms. The van der Waals surface area contributed by atoms with E-state index in [1.54, 1.807) is 0 Å². The summed E-state index contributed by atoms with van der Waals surface area (Å²) in [5, 5.41) is 0. The van der Waals surface area contributed by atoms with Gasteiger partial charge in [0.05, 0.1) is 5.69 Å². The topological polar surface area (TPSA) is 69.1 Å². The Kier molecular flexibility index (Phi) is 8.40. The van der Waals surface area contributed by atoms with E-state index in [-0.39, 0.29) is 35.6 Å². The summed E-state index contributed by atoms with van der Waals surface area (Å²) in [7, 11) is 1.89. The van der Waals surface area contributed by atoms with Crippen molar-refractivity contribution in [2.24, 2.45) is 10.9 Å². The zero-order valence-corrected chi connectivity index (χ0v) is 23.4. The minimum absolute atomic E-state index is 0.0315. The van der Waals surface area contributed by atoms with Crippen LogP contribution in [0.5, 0.6) is 0 Å². The van der Waals surface area contributed by atoms with E-state index in [2.05, 4.69) is 20.9 Å². The molecule has 0 unspecified atom stereocenters. The van der Waals surface area contributed by atoms with E-state index in [1.807, 2.05) is 32.0 Å². The Morgan fingerprint density at radius 2 is 1.77 bits per heavy atom. The number of carbonyl (C=O) groups is 2. The summed E-state index contributed by atoms with van der Waals surface area (Å²) in [5.74, 6) is 0.218. The molecule has 2 aliphatic heterocycles. The van der Waals surface area contributed by atoms with Crippen molar-refractivity contribution in [3.63, 3.8) is 0 Å². The number of hydrogen-bond acceptors (Lipinski definition) is 4. The summed E-state index contributed by atoms with van der Waals surface area (Å²) in [6, 6.07) is 8.06. The Bertz CT molecular complexity index is 1210. The second kappa shape index (κ2) is 11.9. The molecule has 1 aromatic carbocycles. The third-order valence-corrected chi connectivity index (χ3v) is 8.59. The first kappa shape index (κ1) is 27.4. The molecule has 3 heterocycles. The van der Waals surface area contributed by atoms with Crippen LogP contribution in [0.2, 0.25) is 0 Å². The fourth-order valence-corrected chi connectivity index (χ4v) is 6.10. The van der Waals surface area contributed by atoms with Gasteiger partial charge in [-0.05, 0) is 95.8 Å². The van der Waals surface area contributed by atoms with E-state index in [9.17, 15) is 14.0 Å². The summed E-state index contributed by atoms with van der Waals surface area (Å²) in [6.45, 7) is 7.11. The van der Waals surface area contributed by atoms with Crippen LogP contribution in [0.4, 0.5) is 10.1 Å². The van der Waals surface area contributed by atoms with Gasteiger partial charge < -0.3 is 9.80 Å². The number of aliphatic imine (C=N–C) groups is 1. The molecule has 208 valence electrons. The standard InChI is InChI=1S/C31H40FN5O2/c1-21(2)35(3)31(39)23-9-13-27(14-10-23)37-28-18-26(20-36-15-5-4-6-16-36)33-19-24(28)17-29(37)34-30(38)22-7-11-25(32)12-8-22/h7-8,11-12,18-19,21,23,27H,4-6,9-10,13-17,20H2,1-3H3. The predicted octanol–water partition coefficient (Wildman–Crippen LogP) is 5.23. The third-order valence-electron chi connectivity index (χ3n) is 8.59. The largest absolute Gasteiger partial charge is 0.343 e. The van der Waals surface area contributed by atoms with Gasteiger partial charge in [-0.25, -0.2) is 4.39 Å². The van der Waals surface area contributed by atoms with Gasteiger partial charge in [-0.3, -0.25) is 19.5 Å². The van der Waals surface area contributed by atoms with Gasteiger partial charge in [-0.15, -0.1) is 0 Å². The highest BCUT2D eigenvalue weighted by atomic mass is 19.1. The van der Waals surface area contributed by atoms with E-state index < -0.39 is 0 Å². The highest BCUT2D eigenvalue weighted by Gasteiger charge is 2.37. The van der Waals surface area contributed by atoms with Gasteiger partial charge in [0.2, 0.25) is 5.91 Å². The maximum absolute atomic E-state index is 13.4. The molecule has 2 amide bonds. The summed E-state index contributed by atoms with van der Waals surface area (Å²) in [6.07, 6.45) is 9.58. The van der Waals surface area contributed by atoms with Crippen LogP contribution in [0.15, 0.2) is 41.5 Å². The lowest BCUT2D eigenvalue weighted by atomic mass is 9.84. The summed E-state index contributed by atoms with van der Waals surface area (Å²) >= 11 is 0. The molecule has 1 aliphatic carbocycles. The molecule has 0 N–H and O–H groups in total. The quantitative estimate of drug-likeness (QED) is 0.508. The van der Waals surface area contributed by atoms with Gasteiger partial charge in [0, 0.05) is 61.0 Å². The van der Waals surface area contributed by atoms with E-state index in [4.69, 9.17) is 4.98 Å². The van der Waals surface area contributed by atoms with Crippen LogP contribution in [-0.2, 0) is 17.8 Å². The van der Waals surface area contributed by atoms with Crippen molar-refractivity contribution < 1.29 is 14.0 Å². The molecule has 1 saturated carbocycles. The van der Waals surface area contributed by atoms with E-state index in [0.717, 1.165) is 62.3 Å². The van der Waals surface area contributed by atoms with Crippen LogP contribution in [-0.4, -0.2) is 64.7 Å². The molecule has 2 fully saturated rings. The van der Waals surface area contributed by atoms with Gasteiger partial charge >= 0.3 is 0 Å². The van der Waals surface area contributed by atoms with Crippen LogP contribution in [0.3, 0.4) is 0 Å². The van der Waals surface area contributed by atoms with Crippen molar-refractivity contribution in [1.82, 2.24) is 14.8 Å². The van der Waals surface area contributed by atoms with Gasteiger partial charge in [0.15, 0.2) is 0 Å². The average Bonchev–Trinajstić information content (AvgIpc) is 3.30.